The third-order valence-electron chi connectivity index (χ3n) is 5.20. The second-order valence-corrected chi connectivity index (χ2v) is 7.56. The summed E-state index contributed by atoms with van der Waals surface area (Å²) in [5.74, 6) is -1.25. The van der Waals surface area contributed by atoms with Gasteiger partial charge in [0.15, 0.2) is 5.88 Å². The average Bonchev–Trinajstić information content (AvgIpc) is 3.16. The lowest BCUT2D eigenvalue weighted by Crippen LogP contribution is -2.23. The molecule has 0 fully saturated rings. The zero-order chi connectivity index (χ0) is 23.2. The molecule has 0 radical (unpaired) electrons. The number of carboxylic acid groups (broad SMARTS) is 1. The number of rotatable bonds is 8. The Morgan fingerprint density at radius 2 is 1.58 bits per heavy atom. The van der Waals surface area contributed by atoms with Gasteiger partial charge < -0.3 is 20.5 Å². The highest BCUT2D eigenvalue weighted by molar-refractivity contribution is 6.21. The monoisotopic (exact) mass is 441 g/mol. The van der Waals surface area contributed by atoms with Gasteiger partial charge in [-0.2, -0.15) is 0 Å². The van der Waals surface area contributed by atoms with E-state index in [0.29, 0.717) is 23.5 Å². The van der Waals surface area contributed by atoms with Gasteiger partial charge in [-0.05, 0) is 23.8 Å². The van der Waals surface area contributed by atoms with Gasteiger partial charge in [-0.3, -0.25) is 9.59 Å². The van der Waals surface area contributed by atoms with Crippen LogP contribution in [0.15, 0.2) is 83.9 Å². The van der Waals surface area contributed by atoms with Crippen LogP contribution in [-0.4, -0.2) is 32.8 Å². The molecular formula is C26H23N3O4. The number of para-hydroxylation sites is 1. The quantitative estimate of drug-likeness (QED) is 0.301. The molecule has 4 aromatic rings. The number of H-pyrrole nitrogens is 1. The Labute approximate surface area is 190 Å². The molecule has 4 N–H and O–H groups in total. The van der Waals surface area contributed by atoms with Crippen molar-refractivity contribution in [3.63, 3.8) is 0 Å². The molecule has 1 heterocycles. The summed E-state index contributed by atoms with van der Waals surface area (Å²) >= 11 is 0. The molecule has 0 unspecified atom stereocenters. The van der Waals surface area contributed by atoms with Gasteiger partial charge >= 0.3 is 5.97 Å². The number of aromatic hydroxyl groups is 1. The number of carboxylic acids is 1. The molecule has 0 aliphatic carbocycles. The van der Waals surface area contributed by atoms with E-state index < -0.39 is 5.97 Å². The first-order valence-corrected chi connectivity index (χ1v) is 10.5. The van der Waals surface area contributed by atoms with Gasteiger partial charge in [0, 0.05) is 29.4 Å². The van der Waals surface area contributed by atoms with Crippen LogP contribution in [0.2, 0.25) is 0 Å². The number of aromatic nitrogens is 1. The van der Waals surface area contributed by atoms with Crippen LogP contribution in [0.25, 0.3) is 10.9 Å². The fraction of sp³-hybridized carbons (Fsp3) is 0.115. The standard InChI is InChI=1S/C26H23N3O4/c30-22(14-15-23(31)32)27-16-17-10-12-19(13-11-17)28-25(18-6-2-1-3-7-18)24-20-8-4-5-9-21(20)29-26(24)33/h1-13,29,33H,14-16H2,(H,27,30)(H,31,32). The summed E-state index contributed by atoms with van der Waals surface area (Å²) in [4.78, 5) is 30.2. The predicted octanol–water partition coefficient (Wildman–Crippen LogP) is 4.52. The Morgan fingerprint density at radius 3 is 2.30 bits per heavy atom. The highest BCUT2D eigenvalue weighted by Crippen LogP contribution is 2.31. The highest BCUT2D eigenvalue weighted by Gasteiger charge is 2.18. The van der Waals surface area contributed by atoms with E-state index in [4.69, 9.17) is 10.1 Å². The number of fused-ring (bicyclic) bond motifs is 1. The molecule has 0 saturated heterocycles. The second kappa shape index (κ2) is 9.82. The van der Waals surface area contributed by atoms with Crippen molar-refractivity contribution in [2.24, 2.45) is 4.99 Å². The molecule has 1 aromatic heterocycles. The second-order valence-electron chi connectivity index (χ2n) is 7.56. The fourth-order valence-electron chi connectivity index (χ4n) is 3.56. The molecule has 0 aliphatic heterocycles. The normalized spacial score (nSPS) is 11.5. The molecule has 4 rings (SSSR count). The van der Waals surface area contributed by atoms with Crippen LogP contribution < -0.4 is 5.32 Å². The van der Waals surface area contributed by atoms with E-state index in [-0.39, 0.29) is 24.6 Å². The average molecular weight is 441 g/mol. The van der Waals surface area contributed by atoms with Crippen LogP contribution in [0.1, 0.15) is 29.5 Å². The van der Waals surface area contributed by atoms with Gasteiger partial charge in [0.05, 0.1) is 23.4 Å². The maximum absolute atomic E-state index is 11.7. The van der Waals surface area contributed by atoms with Crippen LogP contribution in [0.5, 0.6) is 5.88 Å². The molecule has 1 amide bonds. The predicted molar refractivity (Wildman–Crippen MR) is 127 cm³/mol. The van der Waals surface area contributed by atoms with Gasteiger partial charge in [-0.15, -0.1) is 0 Å². The maximum Gasteiger partial charge on any atom is 0.303 e. The van der Waals surface area contributed by atoms with E-state index in [1.807, 2.05) is 78.9 Å². The SMILES string of the molecule is O=C(O)CCC(=O)NCc1ccc(N=C(c2ccccc2)c2c(O)[nH]c3ccccc23)cc1. The number of nitrogens with zero attached hydrogens (tertiary/aromatic N) is 1. The molecule has 3 aromatic carbocycles. The Hall–Kier alpha value is -4.39. The van der Waals surface area contributed by atoms with E-state index in [0.717, 1.165) is 22.0 Å². The van der Waals surface area contributed by atoms with Gasteiger partial charge in [0.2, 0.25) is 5.91 Å². The van der Waals surface area contributed by atoms with E-state index in [1.54, 1.807) is 0 Å². The number of aliphatic carboxylic acids is 1. The number of aromatic amines is 1. The molecule has 0 aliphatic rings. The van der Waals surface area contributed by atoms with Crippen LogP contribution in [0.4, 0.5) is 5.69 Å². The first kappa shape index (κ1) is 21.8. The van der Waals surface area contributed by atoms with Crippen molar-refractivity contribution in [1.29, 1.82) is 0 Å². The summed E-state index contributed by atoms with van der Waals surface area (Å²) in [6, 6.07) is 24.7. The summed E-state index contributed by atoms with van der Waals surface area (Å²) in [6.45, 7) is 0.303. The summed E-state index contributed by atoms with van der Waals surface area (Å²) in [7, 11) is 0. The number of carbonyl (C=O) groups is 2. The fourth-order valence-corrected chi connectivity index (χ4v) is 3.56. The lowest BCUT2D eigenvalue weighted by molar-refractivity contribution is -0.138. The minimum absolute atomic E-state index is 0.0493. The van der Waals surface area contributed by atoms with Crippen molar-refractivity contribution in [2.75, 3.05) is 0 Å². The summed E-state index contributed by atoms with van der Waals surface area (Å²) in [6.07, 6.45) is -0.241. The van der Waals surface area contributed by atoms with Crippen molar-refractivity contribution in [3.05, 3.63) is 95.6 Å². The molecule has 166 valence electrons. The van der Waals surface area contributed by atoms with Crippen molar-refractivity contribution in [1.82, 2.24) is 10.3 Å². The molecule has 7 nitrogen and oxygen atoms in total. The Balaban J connectivity index is 1.62. The van der Waals surface area contributed by atoms with Crippen molar-refractivity contribution < 1.29 is 19.8 Å². The molecule has 0 saturated carbocycles. The lowest BCUT2D eigenvalue weighted by Gasteiger charge is -2.09. The van der Waals surface area contributed by atoms with E-state index in [9.17, 15) is 14.7 Å². The Bertz CT molecular complexity index is 1310. The third kappa shape index (κ3) is 5.27. The summed E-state index contributed by atoms with van der Waals surface area (Å²) in [5, 5.41) is 22.9. The number of hydrogen-bond donors (Lipinski definition) is 4. The summed E-state index contributed by atoms with van der Waals surface area (Å²) < 4.78 is 0. The minimum atomic E-state index is -0.997. The number of hydrogen-bond acceptors (Lipinski definition) is 4. The molecule has 7 heteroatoms. The molecular weight excluding hydrogens is 418 g/mol. The van der Waals surface area contributed by atoms with Crippen molar-refractivity contribution >= 4 is 34.2 Å². The van der Waals surface area contributed by atoms with E-state index >= 15 is 0 Å². The van der Waals surface area contributed by atoms with Crippen LogP contribution in [0, 0.1) is 0 Å². The van der Waals surface area contributed by atoms with E-state index in [1.165, 1.54) is 0 Å². The Morgan fingerprint density at radius 1 is 0.879 bits per heavy atom. The number of aliphatic imine (C=N–C) groups is 1. The molecule has 0 spiro atoms. The smallest absolute Gasteiger partial charge is 0.303 e. The first-order valence-electron chi connectivity index (χ1n) is 10.5. The van der Waals surface area contributed by atoms with E-state index in [2.05, 4.69) is 10.3 Å². The third-order valence-corrected chi connectivity index (χ3v) is 5.20. The zero-order valence-corrected chi connectivity index (χ0v) is 17.8. The Kier molecular flexibility index (Phi) is 6.50. The lowest BCUT2D eigenvalue weighted by atomic mass is 10.0. The number of benzene rings is 3. The zero-order valence-electron chi connectivity index (χ0n) is 17.8. The number of carbonyl (C=O) groups excluding carboxylic acids is 1. The van der Waals surface area contributed by atoms with Gasteiger partial charge in [-0.25, -0.2) is 4.99 Å². The van der Waals surface area contributed by atoms with Gasteiger partial charge in [-0.1, -0.05) is 60.7 Å². The van der Waals surface area contributed by atoms with Crippen LogP contribution in [0.3, 0.4) is 0 Å². The largest absolute Gasteiger partial charge is 0.494 e. The highest BCUT2D eigenvalue weighted by atomic mass is 16.4. The number of amides is 1. The maximum atomic E-state index is 11.7. The van der Waals surface area contributed by atoms with Gasteiger partial charge in [0.1, 0.15) is 0 Å². The molecule has 33 heavy (non-hydrogen) atoms. The minimum Gasteiger partial charge on any atom is -0.494 e. The molecule has 0 bridgehead atoms. The molecule has 0 atom stereocenters. The van der Waals surface area contributed by atoms with Crippen LogP contribution >= 0.6 is 0 Å². The topological polar surface area (TPSA) is 115 Å². The first-order chi connectivity index (χ1) is 16.0. The van der Waals surface area contributed by atoms with Gasteiger partial charge in [0.25, 0.3) is 0 Å². The van der Waals surface area contributed by atoms with Crippen LogP contribution in [-0.2, 0) is 16.1 Å². The van der Waals surface area contributed by atoms with Crippen molar-refractivity contribution in [2.45, 2.75) is 19.4 Å². The number of nitrogens with one attached hydrogen (secondary N) is 2. The van der Waals surface area contributed by atoms with Crippen molar-refractivity contribution in [3.8, 4) is 5.88 Å². The summed E-state index contributed by atoms with van der Waals surface area (Å²) in [5.41, 5.74) is 4.52.